The molecule has 8 heteroatoms. The number of hydrogen-bond acceptors (Lipinski definition) is 4. The molecular weight excluding hydrogens is 344 g/mol. The van der Waals surface area contributed by atoms with E-state index in [1.807, 2.05) is 6.07 Å². The standard InChI is InChI=1S/C17H24N2O5S/c1-12(2)15(19-9-6-10-25(19,23)24)16(20)18-14(17(21)22)11-13-7-4-3-5-8-13/h3-5,7-8,12,14-15H,6,9-11H2,1-2H3,(H,18,20)(H,21,22). The number of carboxylic acids is 1. The number of carbonyl (C=O) groups is 2. The van der Waals surface area contributed by atoms with E-state index >= 15 is 0 Å². The lowest BCUT2D eigenvalue weighted by molar-refractivity contribution is -0.142. The predicted molar refractivity (Wildman–Crippen MR) is 93.4 cm³/mol. The first-order valence-electron chi connectivity index (χ1n) is 8.29. The zero-order valence-electron chi connectivity index (χ0n) is 14.4. The summed E-state index contributed by atoms with van der Waals surface area (Å²) in [6, 6.07) is 6.98. The fourth-order valence-electron chi connectivity index (χ4n) is 3.04. The van der Waals surface area contributed by atoms with Gasteiger partial charge in [0.2, 0.25) is 15.9 Å². The van der Waals surface area contributed by atoms with Gasteiger partial charge in [0.25, 0.3) is 0 Å². The third kappa shape index (κ3) is 4.79. The monoisotopic (exact) mass is 368 g/mol. The highest BCUT2D eigenvalue weighted by Crippen LogP contribution is 2.22. The Morgan fingerprint density at radius 1 is 1.24 bits per heavy atom. The number of carboxylic acid groups (broad SMARTS) is 1. The van der Waals surface area contributed by atoms with E-state index < -0.39 is 34.0 Å². The lowest BCUT2D eigenvalue weighted by Crippen LogP contribution is -2.54. The van der Waals surface area contributed by atoms with Crippen LogP contribution in [-0.4, -0.2) is 54.1 Å². The molecule has 25 heavy (non-hydrogen) atoms. The lowest BCUT2D eigenvalue weighted by Gasteiger charge is -2.29. The zero-order chi connectivity index (χ0) is 18.6. The summed E-state index contributed by atoms with van der Waals surface area (Å²) in [5, 5.41) is 11.9. The first kappa shape index (κ1) is 19.4. The Morgan fingerprint density at radius 2 is 1.88 bits per heavy atom. The number of nitrogens with one attached hydrogen (secondary N) is 1. The first-order valence-corrected chi connectivity index (χ1v) is 9.90. The van der Waals surface area contributed by atoms with E-state index in [4.69, 9.17) is 0 Å². The molecule has 2 unspecified atom stereocenters. The molecule has 2 atom stereocenters. The summed E-state index contributed by atoms with van der Waals surface area (Å²) in [6.45, 7) is 3.80. The van der Waals surface area contributed by atoms with Crippen molar-refractivity contribution in [3.05, 3.63) is 35.9 Å². The fraction of sp³-hybridized carbons (Fsp3) is 0.529. The van der Waals surface area contributed by atoms with Crippen LogP contribution >= 0.6 is 0 Å². The lowest BCUT2D eigenvalue weighted by atomic mass is 10.0. The van der Waals surface area contributed by atoms with Gasteiger partial charge >= 0.3 is 5.97 Å². The maximum atomic E-state index is 12.7. The van der Waals surface area contributed by atoms with Crippen LogP contribution < -0.4 is 5.32 Å². The van der Waals surface area contributed by atoms with Crippen molar-refractivity contribution >= 4 is 21.9 Å². The molecule has 0 aliphatic carbocycles. The third-order valence-corrected chi connectivity index (χ3v) is 6.17. The molecule has 1 aromatic rings. The Morgan fingerprint density at radius 3 is 2.36 bits per heavy atom. The average Bonchev–Trinajstić information content (AvgIpc) is 2.87. The number of carbonyl (C=O) groups excluding carboxylic acids is 1. The van der Waals surface area contributed by atoms with Crippen LogP contribution in [0.3, 0.4) is 0 Å². The van der Waals surface area contributed by atoms with E-state index in [0.717, 1.165) is 5.56 Å². The van der Waals surface area contributed by atoms with Gasteiger partial charge in [0.15, 0.2) is 0 Å². The molecule has 138 valence electrons. The molecule has 1 heterocycles. The number of rotatable bonds is 7. The van der Waals surface area contributed by atoms with Gasteiger partial charge in [-0.2, -0.15) is 4.31 Å². The van der Waals surface area contributed by atoms with Crippen LogP contribution in [0, 0.1) is 5.92 Å². The molecule has 1 amide bonds. The zero-order valence-corrected chi connectivity index (χ0v) is 15.2. The topological polar surface area (TPSA) is 104 Å². The summed E-state index contributed by atoms with van der Waals surface area (Å²) < 4.78 is 25.5. The maximum Gasteiger partial charge on any atom is 0.326 e. The summed E-state index contributed by atoms with van der Waals surface area (Å²) in [5.41, 5.74) is 0.782. The van der Waals surface area contributed by atoms with E-state index in [9.17, 15) is 23.1 Å². The fourth-order valence-corrected chi connectivity index (χ4v) is 4.87. The van der Waals surface area contributed by atoms with Gasteiger partial charge in [-0.25, -0.2) is 13.2 Å². The van der Waals surface area contributed by atoms with Crippen LogP contribution in [-0.2, 0) is 26.0 Å². The summed E-state index contributed by atoms with van der Waals surface area (Å²) in [4.78, 5) is 24.2. The van der Waals surface area contributed by atoms with Crippen LogP contribution in [0.1, 0.15) is 25.8 Å². The Bertz CT molecular complexity index is 718. The van der Waals surface area contributed by atoms with Crippen LogP contribution in [0.4, 0.5) is 0 Å². The SMILES string of the molecule is CC(C)C(C(=O)NC(Cc1ccccc1)C(=O)O)N1CCCS1(=O)=O. The molecule has 1 saturated heterocycles. The van der Waals surface area contributed by atoms with Crippen molar-refractivity contribution in [2.24, 2.45) is 5.92 Å². The van der Waals surface area contributed by atoms with Crippen molar-refractivity contribution in [1.29, 1.82) is 0 Å². The summed E-state index contributed by atoms with van der Waals surface area (Å²) >= 11 is 0. The van der Waals surface area contributed by atoms with Crippen molar-refractivity contribution in [2.75, 3.05) is 12.3 Å². The molecular formula is C17H24N2O5S. The van der Waals surface area contributed by atoms with Crippen molar-refractivity contribution in [2.45, 2.75) is 38.8 Å². The first-order chi connectivity index (χ1) is 11.7. The highest BCUT2D eigenvalue weighted by atomic mass is 32.2. The van der Waals surface area contributed by atoms with Crippen molar-refractivity contribution < 1.29 is 23.1 Å². The minimum Gasteiger partial charge on any atom is -0.480 e. The number of nitrogens with zero attached hydrogens (tertiary/aromatic N) is 1. The summed E-state index contributed by atoms with van der Waals surface area (Å²) in [7, 11) is -3.47. The second kappa shape index (κ2) is 7.97. The van der Waals surface area contributed by atoms with Crippen LogP contribution in [0.25, 0.3) is 0 Å². The van der Waals surface area contributed by atoms with Gasteiger partial charge in [-0.3, -0.25) is 4.79 Å². The molecule has 1 aliphatic rings. The Labute approximate surface area is 148 Å². The van der Waals surface area contributed by atoms with Crippen molar-refractivity contribution in [1.82, 2.24) is 9.62 Å². The Kier molecular flexibility index (Phi) is 6.18. The second-order valence-electron chi connectivity index (χ2n) is 6.56. The molecule has 0 spiro atoms. The van der Waals surface area contributed by atoms with Gasteiger partial charge in [0.1, 0.15) is 12.1 Å². The molecule has 7 nitrogen and oxygen atoms in total. The quantitative estimate of drug-likeness (QED) is 0.743. The van der Waals surface area contributed by atoms with Gasteiger partial charge < -0.3 is 10.4 Å². The third-order valence-electron chi connectivity index (χ3n) is 4.25. The molecule has 0 saturated carbocycles. The second-order valence-corrected chi connectivity index (χ2v) is 8.60. The molecule has 2 N–H and O–H groups in total. The van der Waals surface area contributed by atoms with Crippen LogP contribution in [0.2, 0.25) is 0 Å². The van der Waals surface area contributed by atoms with Gasteiger partial charge in [0.05, 0.1) is 5.75 Å². The Balaban J connectivity index is 2.16. The van der Waals surface area contributed by atoms with E-state index in [0.29, 0.717) is 6.42 Å². The molecule has 2 rings (SSSR count). The van der Waals surface area contributed by atoms with E-state index in [1.54, 1.807) is 38.1 Å². The number of amides is 1. The number of benzene rings is 1. The van der Waals surface area contributed by atoms with E-state index in [1.165, 1.54) is 4.31 Å². The van der Waals surface area contributed by atoms with Gasteiger partial charge in [0, 0.05) is 13.0 Å². The highest BCUT2D eigenvalue weighted by molar-refractivity contribution is 7.89. The molecule has 1 aliphatic heterocycles. The molecule has 1 fully saturated rings. The summed E-state index contributed by atoms with van der Waals surface area (Å²) in [5.74, 6) is -1.96. The van der Waals surface area contributed by atoms with Crippen molar-refractivity contribution in [3.63, 3.8) is 0 Å². The van der Waals surface area contributed by atoms with E-state index in [2.05, 4.69) is 5.32 Å². The minimum atomic E-state index is -3.47. The van der Waals surface area contributed by atoms with Crippen LogP contribution in [0.15, 0.2) is 30.3 Å². The van der Waals surface area contributed by atoms with E-state index in [-0.39, 0.29) is 24.6 Å². The average molecular weight is 368 g/mol. The summed E-state index contributed by atoms with van der Waals surface area (Å²) in [6.07, 6.45) is 0.616. The number of hydrogen-bond donors (Lipinski definition) is 2. The smallest absolute Gasteiger partial charge is 0.326 e. The normalized spacial score (nSPS) is 19.5. The van der Waals surface area contributed by atoms with Gasteiger partial charge in [-0.05, 0) is 17.9 Å². The number of sulfonamides is 1. The maximum absolute atomic E-state index is 12.7. The number of aliphatic carboxylic acids is 1. The highest BCUT2D eigenvalue weighted by Gasteiger charge is 2.40. The Hall–Kier alpha value is -1.93. The largest absolute Gasteiger partial charge is 0.480 e. The molecule has 0 bridgehead atoms. The predicted octanol–water partition coefficient (Wildman–Crippen LogP) is 0.859. The van der Waals surface area contributed by atoms with Gasteiger partial charge in [-0.15, -0.1) is 0 Å². The molecule has 1 aromatic carbocycles. The van der Waals surface area contributed by atoms with Gasteiger partial charge in [-0.1, -0.05) is 44.2 Å². The molecule has 0 radical (unpaired) electrons. The van der Waals surface area contributed by atoms with Crippen molar-refractivity contribution in [3.8, 4) is 0 Å². The molecule has 0 aromatic heterocycles. The van der Waals surface area contributed by atoms with Crippen LogP contribution in [0.5, 0.6) is 0 Å². The minimum absolute atomic E-state index is 0.0237.